The number of hydrogen-bond donors (Lipinski definition) is 5. The highest BCUT2D eigenvalue weighted by atomic mass is 32.2. The summed E-state index contributed by atoms with van der Waals surface area (Å²) in [6.45, 7) is 0. The van der Waals surface area contributed by atoms with E-state index in [9.17, 15) is 19.8 Å². The minimum Gasteiger partial charge on any atom is -0.508 e. The first kappa shape index (κ1) is 18.5. The average Bonchev–Trinajstić information content (AvgIpc) is 2.61. The first-order valence-corrected chi connectivity index (χ1v) is 8.67. The van der Waals surface area contributed by atoms with Crippen molar-refractivity contribution in [3.8, 4) is 5.75 Å². The summed E-state index contributed by atoms with van der Waals surface area (Å²) in [5, 5.41) is 20.9. The minimum absolute atomic E-state index is 0.0954. The smallest absolute Gasteiger partial charge is 0.334 e. The van der Waals surface area contributed by atoms with E-state index >= 15 is 0 Å². The lowest BCUT2D eigenvalue weighted by Gasteiger charge is -2.16. The van der Waals surface area contributed by atoms with Gasteiger partial charge in [-0.15, -0.1) is 11.8 Å². The van der Waals surface area contributed by atoms with Crippen molar-refractivity contribution in [2.24, 2.45) is 0 Å². The van der Waals surface area contributed by atoms with E-state index in [1.54, 1.807) is 36.0 Å². The van der Waals surface area contributed by atoms with Gasteiger partial charge in [-0.1, -0.05) is 12.1 Å². The Bertz CT molecular complexity index is 720. The van der Waals surface area contributed by atoms with Crippen molar-refractivity contribution in [2.45, 2.75) is 17.4 Å². The number of urea groups is 1. The van der Waals surface area contributed by atoms with Crippen LogP contribution in [0, 0.1) is 0 Å². The number of aliphatic carboxylic acids is 1. The molecule has 0 bridgehead atoms. The average molecular weight is 361 g/mol. The first-order valence-electron chi connectivity index (χ1n) is 7.45. The van der Waals surface area contributed by atoms with Crippen LogP contribution in [0.3, 0.4) is 0 Å². The second-order valence-electron chi connectivity index (χ2n) is 5.21. The summed E-state index contributed by atoms with van der Waals surface area (Å²) < 4.78 is 0. The third kappa shape index (κ3) is 5.92. The van der Waals surface area contributed by atoms with Crippen LogP contribution in [0.15, 0.2) is 53.4 Å². The van der Waals surface area contributed by atoms with Crippen LogP contribution in [-0.4, -0.2) is 34.5 Å². The molecule has 0 aromatic heterocycles. The van der Waals surface area contributed by atoms with E-state index in [2.05, 4.69) is 16.2 Å². The Labute approximate surface area is 149 Å². The number of aromatic hydroxyl groups is 1. The van der Waals surface area contributed by atoms with Crippen molar-refractivity contribution >= 4 is 29.4 Å². The van der Waals surface area contributed by atoms with E-state index in [4.69, 9.17) is 0 Å². The zero-order valence-electron chi connectivity index (χ0n) is 13.5. The van der Waals surface area contributed by atoms with Crippen molar-refractivity contribution in [1.82, 2.24) is 10.7 Å². The number of rotatable bonds is 7. The van der Waals surface area contributed by atoms with E-state index in [1.165, 1.54) is 12.1 Å². The van der Waals surface area contributed by atoms with Crippen LogP contribution >= 0.6 is 11.8 Å². The fourth-order valence-electron chi connectivity index (χ4n) is 2.07. The van der Waals surface area contributed by atoms with Crippen LogP contribution in [0.2, 0.25) is 0 Å². The van der Waals surface area contributed by atoms with Crippen molar-refractivity contribution < 1.29 is 19.8 Å². The van der Waals surface area contributed by atoms with Gasteiger partial charge in [-0.05, 0) is 48.2 Å². The molecule has 25 heavy (non-hydrogen) atoms. The fraction of sp³-hybridized carbons (Fsp3) is 0.176. The maximum atomic E-state index is 11.9. The van der Waals surface area contributed by atoms with E-state index in [0.717, 1.165) is 4.90 Å². The number of nitrogens with one attached hydrogen (secondary N) is 3. The number of carboxylic acid groups (broad SMARTS) is 1. The molecule has 5 N–H and O–H groups in total. The molecule has 0 aliphatic carbocycles. The molecule has 0 saturated heterocycles. The van der Waals surface area contributed by atoms with E-state index in [1.807, 2.05) is 18.4 Å². The normalized spacial score (nSPS) is 11.4. The Hall–Kier alpha value is -2.87. The van der Waals surface area contributed by atoms with Gasteiger partial charge < -0.3 is 15.5 Å². The van der Waals surface area contributed by atoms with Crippen molar-refractivity contribution in [1.29, 1.82) is 0 Å². The maximum Gasteiger partial charge on any atom is 0.334 e. The molecule has 2 aromatic carbocycles. The summed E-state index contributed by atoms with van der Waals surface area (Å²) in [7, 11) is 0. The highest BCUT2D eigenvalue weighted by Gasteiger charge is 2.20. The van der Waals surface area contributed by atoms with Gasteiger partial charge in [-0.2, -0.15) is 0 Å². The molecule has 132 valence electrons. The van der Waals surface area contributed by atoms with Gasteiger partial charge in [0.1, 0.15) is 11.8 Å². The topological polar surface area (TPSA) is 111 Å². The second kappa shape index (κ2) is 8.84. The van der Waals surface area contributed by atoms with Gasteiger partial charge >= 0.3 is 12.0 Å². The number of hydrogen-bond acceptors (Lipinski definition) is 5. The number of amides is 2. The van der Waals surface area contributed by atoms with Crippen molar-refractivity contribution in [2.75, 3.05) is 11.7 Å². The van der Waals surface area contributed by atoms with Crippen LogP contribution < -0.4 is 16.2 Å². The van der Waals surface area contributed by atoms with Crippen LogP contribution in [0.4, 0.5) is 10.5 Å². The molecule has 0 fully saturated rings. The summed E-state index contributed by atoms with van der Waals surface area (Å²) >= 11 is 1.61. The van der Waals surface area contributed by atoms with Gasteiger partial charge in [0, 0.05) is 11.3 Å². The van der Waals surface area contributed by atoms with E-state index in [-0.39, 0.29) is 12.2 Å². The highest BCUT2D eigenvalue weighted by molar-refractivity contribution is 7.98. The van der Waals surface area contributed by atoms with Crippen LogP contribution in [0.5, 0.6) is 5.75 Å². The second-order valence-corrected chi connectivity index (χ2v) is 6.09. The summed E-state index contributed by atoms with van der Waals surface area (Å²) in [4.78, 5) is 24.3. The van der Waals surface area contributed by atoms with Crippen LogP contribution in [0.1, 0.15) is 5.56 Å². The molecule has 2 aromatic rings. The molecule has 2 amide bonds. The summed E-state index contributed by atoms with van der Waals surface area (Å²) in [6, 6.07) is 11.8. The van der Waals surface area contributed by atoms with Gasteiger partial charge in [0.25, 0.3) is 0 Å². The number of hydrazine groups is 1. The molecule has 0 spiro atoms. The molecule has 1 atom stereocenters. The number of carboxylic acids is 1. The Morgan fingerprint density at radius 1 is 1.08 bits per heavy atom. The van der Waals surface area contributed by atoms with E-state index in [0.29, 0.717) is 11.3 Å². The quantitative estimate of drug-likeness (QED) is 0.383. The Morgan fingerprint density at radius 3 is 2.28 bits per heavy atom. The van der Waals surface area contributed by atoms with Gasteiger partial charge in [-0.3, -0.25) is 10.9 Å². The lowest BCUT2D eigenvalue weighted by Crippen LogP contribution is -2.48. The molecule has 0 saturated carbocycles. The molecule has 1 unspecified atom stereocenters. The monoisotopic (exact) mass is 361 g/mol. The molecule has 0 radical (unpaired) electrons. The third-order valence-electron chi connectivity index (χ3n) is 3.39. The van der Waals surface area contributed by atoms with Crippen molar-refractivity contribution in [3.05, 3.63) is 54.1 Å². The number of benzene rings is 2. The highest BCUT2D eigenvalue weighted by Crippen LogP contribution is 2.16. The molecule has 2 rings (SSSR count). The minimum atomic E-state index is -1.15. The molecule has 8 heteroatoms. The molecule has 0 aliphatic heterocycles. The largest absolute Gasteiger partial charge is 0.508 e. The SMILES string of the molecule is CSc1ccc(NNC(=O)NC(Cc2ccc(O)cc2)C(=O)O)cc1. The fourth-order valence-corrected chi connectivity index (χ4v) is 2.47. The van der Waals surface area contributed by atoms with E-state index < -0.39 is 18.0 Å². The van der Waals surface area contributed by atoms with Crippen LogP contribution in [-0.2, 0) is 11.2 Å². The molecule has 0 heterocycles. The predicted octanol–water partition coefficient (Wildman–Crippen LogP) is 2.44. The zero-order valence-corrected chi connectivity index (χ0v) is 14.3. The Kier molecular flexibility index (Phi) is 6.53. The van der Waals surface area contributed by atoms with Crippen molar-refractivity contribution in [3.63, 3.8) is 0 Å². The number of thioether (sulfide) groups is 1. The molecule has 7 nitrogen and oxygen atoms in total. The van der Waals surface area contributed by atoms with Gasteiger partial charge in [-0.25, -0.2) is 9.59 Å². The molecule has 0 aliphatic rings. The Balaban J connectivity index is 1.88. The molecular formula is C17H19N3O4S. The number of carbonyl (C=O) groups excluding carboxylic acids is 1. The summed E-state index contributed by atoms with van der Waals surface area (Å²) in [5.74, 6) is -1.05. The lowest BCUT2D eigenvalue weighted by molar-refractivity contribution is -0.139. The van der Waals surface area contributed by atoms with Gasteiger partial charge in [0.15, 0.2) is 0 Å². The summed E-state index contributed by atoms with van der Waals surface area (Å²) in [6.07, 6.45) is 2.07. The number of phenolic OH excluding ortho intramolecular Hbond substituents is 1. The number of carbonyl (C=O) groups is 2. The predicted molar refractivity (Wildman–Crippen MR) is 96.7 cm³/mol. The number of anilines is 1. The number of phenols is 1. The molecular weight excluding hydrogens is 342 g/mol. The zero-order chi connectivity index (χ0) is 18.2. The van der Waals surface area contributed by atoms with Crippen LogP contribution in [0.25, 0.3) is 0 Å². The lowest BCUT2D eigenvalue weighted by atomic mass is 10.1. The van der Waals surface area contributed by atoms with Gasteiger partial charge in [0.2, 0.25) is 0 Å². The van der Waals surface area contributed by atoms with Gasteiger partial charge in [0.05, 0.1) is 5.69 Å². The first-order chi connectivity index (χ1) is 12.0. The summed E-state index contributed by atoms with van der Waals surface area (Å²) in [5.41, 5.74) is 6.49. The standard InChI is InChI=1S/C17H19N3O4S/c1-25-14-8-4-12(5-9-14)19-20-17(24)18-15(16(22)23)10-11-2-6-13(21)7-3-11/h2-9,15,19,21H,10H2,1H3,(H,22,23)(H2,18,20,24). The third-order valence-corrected chi connectivity index (χ3v) is 4.13. The Morgan fingerprint density at radius 2 is 1.72 bits per heavy atom. The maximum absolute atomic E-state index is 11.9.